The molecule has 1 amide bonds. The highest BCUT2D eigenvalue weighted by Crippen LogP contribution is 2.29. The van der Waals surface area contributed by atoms with E-state index in [1.807, 2.05) is 0 Å². The minimum Gasteiger partial charge on any atom is -0.506 e. The second kappa shape index (κ2) is 5.73. The lowest BCUT2D eigenvalue weighted by Crippen LogP contribution is -2.15. The van der Waals surface area contributed by atoms with E-state index in [-0.39, 0.29) is 22.9 Å². The van der Waals surface area contributed by atoms with Crippen LogP contribution in [0.3, 0.4) is 0 Å². The highest BCUT2D eigenvalue weighted by molar-refractivity contribution is 5.94. The summed E-state index contributed by atoms with van der Waals surface area (Å²) in [6.07, 6.45) is 4.97. The fourth-order valence-electron chi connectivity index (χ4n) is 2.45. The van der Waals surface area contributed by atoms with Crippen molar-refractivity contribution in [3.8, 4) is 5.75 Å². The van der Waals surface area contributed by atoms with Crippen molar-refractivity contribution in [1.29, 1.82) is 0 Å². The van der Waals surface area contributed by atoms with Crippen LogP contribution in [-0.4, -0.2) is 22.1 Å². The van der Waals surface area contributed by atoms with E-state index < -0.39 is 5.97 Å². The van der Waals surface area contributed by atoms with Crippen molar-refractivity contribution in [3.63, 3.8) is 0 Å². The van der Waals surface area contributed by atoms with E-state index in [0.717, 1.165) is 18.9 Å². The zero-order chi connectivity index (χ0) is 13.8. The van der Waals surface area contributed by atoms with Gasteiger partial charge in [-0.15, -0.1) is 0 Å². The van der Waals surface area contributed by atoms with E-state index in [2.05, 4.69) is 5.32 Å². The molecule has 1 aliphatic rings. The second-order valence-electron chi connectivity index (χ2n) is 4.94. The van der Waals surface area contributed by atoms with Crippen LogP contribution in [0, 0.1) is 5.92 Å². The Labute approximate surface area is 111 Å². The smallest absolute Gasteiger partial charge is 0.335 e. The van der Waals surface area contributed by atoms with Gasteiger partial charge in [-0.2, -0.15) is 0 Å². The summed E-state index contributed by atoms with van der Waals surface area (Å²) in [6, 6.07) is 3.89. The second-order valence-corrected chi connectivity index (χ2v) is 4.94. The zero-order valence-electron chi connectivity index (χ0n) is 10.6. The zero-order valence-corrected chi connectivity index (χ0v) is 10.6. The number of hydrogen-bond acceptors (Lipinski definition) is 3. The van der Waals surface area contributed by atoms with Gasteiger partial charge in [-0.1, -0.05) is 12.8 Å². The number of rotatable bonds is 4. The molecule has 1 aromatic rings. The molecular weight excluding hydrogens is 246 g/mol. The minimum absolute atomic E-state index is 0.00806. The molecule has 1 aliphatic carbocycles. The van der Waals surface area contributed by atoms with Crippen LogP contribution in [0.4, 0.5) is 5.69 Å². The highest BCUT2D eigenvalue weighted by atomic mass is 16.4. The molecular formula is C14H17NO4. The molecule has 0 radical (unpaired) electrons. The molecule has 1 aromatic carbocycles. The van der Waals surface area contributed by atoms with Gasteiger partial charge in [0.2, 0.25) is 5.91 Å². The predicted molar refractivity (Wildman–Crippen MR) is 70.3 cm³/mol. The van der Waals surface area contributed by atoms with Crippen LogP contribution in [0.25, 0.3) is 0 Å². The number of carbonyl (C=O) groups is 2. The third-order valence-electron chi connectivity index (χ3n) is 3.47. The average Bonchev–Trinajstić information content (AvgIpc) is 2.84. The van der Waals surface area contributed by atoms with Gasteiger partial charge in [0.05, 0.1) is 11.3 Å². The van der Waals surface area contributed by atoms with Gasteiger partial charge in [0, 0.05) is 6.42 Å². The van der Waals surface area contributed by atoms with Gasteiger partial charge in [-0.05, 0) is 37.0 Å². The lowest BCUT2D eigenvalue weighted by molar-refractivity contribution is -0.117. The van der Waals surface area contributed by atoms with Gasteiger partial charge in [0.1, 0.15) is 5.75 Å². The number of hydrogen-bond donors (Lipinski definition) is 3. The Hall–Kier alpha value is -2.04. The van der Waals surface area contributed by atoms with Crippen LogP contribution in [0.5, 0.6) is 5.75 Å². The van der Waals surface area contributed by atoms with E-state index in [0.29, 0.717) is 12.3 Å². The number of phenolic OH excluding ortho intramolecular Hbond substituents is 1. The quantitative estimate of drug-likeness (QED) is 0.729. The van der Waals surface area contributed by atoms with Crippen molar-refractivity contribution in [2.24, 2.45) is 5.92 Å². The van der Waals surface area contributed by atoms with Gasteiger partial charge in [0.25, 0.3) is 0 Å². The molecule has 3 N–H and O–H groups in total. The fraction of sp³-hybridized carbons (Fsp3) is 0.429. The Kier molecular flexibility index (Phi) is 4.04. The van der Waals surface area contributed by atoms with Crippen molar-refractivity contribution in [3.05, 3.63) is 23.8 Å². The monoisotopic (exact) mass is 263 g/mol. The van der Waals surface area contributed by atoms with Crippen LogP contribution < -0.4 is 5.32 Å². The van der Waals surface area contributed by atoms with E-state index >= 15 is 0 Å². The van der Waals surface area contributed by atoms with Gasteiger partial charge in [-0.25, -0.2) is 4.79 Å². The van der Waals surface area contributed by atoms with Crippen molar-refractivity contribution >= 4 is 17.6 Å². The molecule has 0 aromatic heterocycles. The van der Waals surface area contributed by atoms with Crippen LogP contribution in [0.1, 0.15) is 42.5 Å². The average molecular weight is 263 g/mol. The molecule has 2 rings (SSSR count). The summed E-state index contributed by atoms with van der Waals surface area (Å²) in [4.78, 5) is 22.5. The standard InChI is InChI=1S/C14H17NO4/c16-12-8-10(14(18)19)5-6-11(12)15-13(17)7-9-3-1-2-4-9/h5-6,8-9,16H,1-4,7H2,(H,15,17)(H,18,19). The van der Waals surface area contributed by atoms with Crippen molar-refractivity contribution in [2.75, 3.05) is 5.32 Å². The molecule has 0 spiro atoms. The van der Waals surface area contributed by atoms with E-state index in [1.54, 1.807) is 0 Å². The first-order chi connectivity index (χ1) is 9.06. The SMILES string of the molecule is O=C(CC1CCCC1)Nc1ccc(C(=O)O)cc1O. The maximum Gasteiger partial charge on any atom is 0.335 e. The molecule has 0 unspecified atom stereocenters. The Morgan fingerprint density at radius 2 is 1.95 bits per heavy atom. The molecule has 0 heterocycles. The first-order valence-corrected chi connectivity index (χ1v) is 6.42. The first kappa shape index (κ1) is 13.4. The fourth-order valence-corrected chi connectivity index (χ4v) is 2.45. The minimum atomic E-state index is -1.11. The van der Waals surface area contributed by atoms with E-state index in [1.165, 1.54) is 25.0 Å². The van der Waals surface area contributed by atoms with E-state index in [9.17, 15) is 14.7 Å². The molecule has 1 saturated carbocycles. The number of anilines is 1. The summed E-state index contributed by atoms with van der Waals surface area (Å²) in [7, 11) is 0. The predicted octanol–water partition coefficient (Wildman–Crippen LogP) is 2.61. The molecule has 0 atom stereocenters. The third kappa shape index (κ3) is 3.47. The Morgan fingerprint density at radius 3 is 2.53 bits per heavy atom. The number of aromatic hydroxyl groups is 1. The molecule has 0 saturated heterocycles. The maximum absolute atomic E-state index is 11.8. The van der Waals surface area contributed by atoms with Crippen molar-refractivity contribution in [1.82, 2.24) is 0 Å². The molecule has 19 heavy (non-hydrogen) atoms. The number of amides is 1. The van der Waals surface area contributed by atoms with Crippen LogP contribution in [0.2, 0.25) is 0 Å². The summed E-state index contributed by atoms with van der Waals surface area (Å²) in [5.74, 6) is -1.04. The van der Waals surface area contributed by atoms with E-state index in [4.69, 9.17) is 5.11 Å². The third-order valence-corrected chi connectivity index (χ3v) is 3.47. The molecule has 0 bridgehead atoms. The van der Waals surface area contributed by atoms with Gasteiger partial charge >= 0.3 is 5.97 Å². The Balaban J connectivity index is 1.98. The van der Waals surface area contributed by atoms with Crippen molar-refractivity contribution < 1.29 is 19.8 Å². The topological polar surface area (TPSA) is 86.6 Å². The molecule has 102 valence electrons. The summed E-state index contributed by atoms with van der Waals surface area (Å²) >= 11 is 0. The summed E-state index contributed by atoms with van der Waals surface area (Å²) < 4.78 is 0. The maximum atomic E-state index is 11.8. The molecule has 0 aliphatic heterocycles. The Bertz CT molecular complexity index is 492. The number of carbonyl (C=O) groups excluding carboxylic acids is 1. The van der Waals surface area contributed by atoms with Gasteiger partial charge < -0.3 is 15.5 Å². The summed E-state index contributed by atoms with van der Waals surface area (Å²) in [5, 5.41) is 21.1. The molecule has 5 heteroatoms. The Morgan fingerprint density at radius 1 is 1.26 bits per heavy atom. The lowest BCUT2D eigenvalue weighted by Gasteiger charge is -2.11. The van der Waals surface area contributed by atoms with Crippen LogP contribution in [0.15, 0.2) is 18.2 Å². The summed E-state index contributed by atoms with van der Waals surface area (Å²) in [5.41, 5.74) is 0.249. The first-order valence-electron chi connectivity index (χ1n) is 6.42. The number of carboxylic acid groups (broad SMARTS) is 1. The van der Waals surface area contributed by atoms with Gasteiger partial charge in [0.15, 0.2) is 0 Å². The number of benzene rings is 1. The number of aromatic carboxylic acids is 1. The van der Waals surface area contributed by atoms with Crippen LogP contribution >= 0.6 is 0 Å². The summed E-state index contributed by atoms with van der Waals surface area (Å²) in [6.45, 7) is 0. The molecule has 1 fully saturated rings. The van der Waals surface area contributed by atoms with Crippen molar-refractivity contribution in [2.45, 2.75) is 32.1 Å². The normalized spacial score (nSPS) is 15.4. The highest BCUT2D eigenvalue weighted by Gasteiger charge is 2.19. The molecule has 5 nitrogen and oxygen atoms in total. The number of nitrogens with one attached hydrogen (secondary N) is 1. The van der Waals surface area contributed by atoms with Crippen LogP contribution in [-0.2, 0) is 4.79 Å². The lowest BCUT2D eigenvalue weighted by atomic mass is 10.0. The number of carboxylic acids is 1. The van der Waals surface area contributed by atoms with Gasteiger partial charge in [-0.3, -0.25) is 4.79 Å². The largest absolute Gasteiger partial charge is 0.506 e. The number of phenols is 1.